The average Bonchev–Trinajstić information content (AvgIpc) is 2.86. The van der Waals surface area contributed by atoms with Crippen molar-refractivity contribution in [2.75, 3.05) is 20.5 Å². The van der Waals surface area contributed by atoms with Gasteiger partial charge in [-0.05, 0) is 24.2 Å². The van der Waals surface area contributed by atoms with Gasteiger partial charge < -0.3 is 14.2 Å². The molecule has 0 unspecified atom stereocenters. The molecule has 1 aliphatic heterocycles. The van der Waals surface area contributed by atoms with Crippen LogP contribution < -0.4 is 0 Å². The maximum atomic E-state index is 6.07. The fourth-order valence-corrected chi connectivity index (χ4v) is 4.24. The topological polar surface area (TPSA) is 40.0 Å². The summed E-state index contributed by atoms with van der Waals surface area (Å²) in [6.45, 7) is 7.85. The Morgan fingerprint density at radius 1 is 1.39 bits per heavy atom. The predicted molar refractivity (Wildman–Crippen MR) is 68.5 cm³/mol. The molecule has 2 aliphatic carbocycles. The Hall–Kier alpha value is -0.610. The fraction of sp³-hybridized carbons (Fsp3) is 0.929. The molecule has 4 nitrogen and oxygen atoms in total. The smallest absolute Gasteiger partial charge is 0.211 e. The molecule has 0 N–H and O–H groups in total. The van der Waals surface area contributed by atoms with E-state index in [0.717, 1.165) is 5.90 Å². The normalized spacial score (nSPS) is 43.8. The van der Waals surface area contributed by atoms with Crippen molar-refractivity contribution in [3.63, 3.8) is 0 Å². The zero-order chi connectivity index (χ0) is 13.0. The maximum Gasteiger partial charge on any atom is 0.211 e. The number of fused-ring (bicyclic) bond motifs is 5. The van der Waals surface area contributed by atoms with Gasteiger partial charge in [0.25, 0.3) is 0 Å². The molecular formula is C14H23NO3. The molecule has 0 saturated heterocycles. The molecule has 2 fully saturated rings. The van der Waals surface area contributed by atoms with Gasteiger partial charge in [-0.15, -0.1) is 0 Å². The number of aliphatic imine (C=N–C) groups is 1. The fourth-order valence-electron chi connectivity index (χ4n) is 4.24. The van der Waals surface area contributed by atoms with Crippen LogP contribution in [0.3, 0.4) is 0 Å². The molecule has 18 heavy (non-hydrogen) atoms. The third-order valence-corrected chi connectivity index (χ3v) is 5.71. The van der Waals surface area contributed by atoms with Crippen molar-refractivity contribution in [2.24, 2.45) is 21.7 Å². The second-order valence-electron chi connectivity index (χ2n) is 6.59. The summed E-state index contributed by atoms with van der Waals surface area (Å²) in [5.74, 6) is 1.42. The Morgan fingerprint density at radius 3 is 2.83 bits per heavy atom. The Bertz CT molecular complexity index is 379. The van der Waals surface area contributed by atoms with E-state index >= 15 is 0 Å². The van der Waals surface area contributed by atoms with E-state index < -0.39 is 0 Å². The molecule has 0 aromatic heterocycles. The van der Waals surface area contributed by atoms with Crippen LogP contribution in [0.5, 0.6) is 0 Å². The van der Waals surface area contributed by atoms with E-state index in [1.807, 2.05) is 0 Å². The number of nitrogens with zero attached hydrogens (tertiary/aromatic N) is 1. The first-order chi connectivity index (χ1) is 8.50. The van der Waals surface area contributed by atoms with Crippen LogP contribution in [0.1, 0.15) is 33.6 Å². The predicted octanol–water partition coefficient (Wildman–Crippen LogP) is 2.23. The summed E-state index contributed by atoms with van der Waals surface area (Å²) in [6, 6.07) is 0.347. The minimum Gasteiger partial charge on any atom is -0.473 e. The van der Waals surface area contributed by atoms with Gasteiger partial charge in [0.2, 0.25) is 5.90 Å². The highest BCUT2D eigenvalue weighted by atomic mass is 16.7. The molecule has 1 heterocycles. The number of rotatable bonds is 4. The Morgan fingerprint density at radius 2 is 2.17 bits per heavy atom. The number of hydrogen-bond acceptors (Lipinski definition) is 4. The second-order valence-corrected chi connectivity index (χ2v) is 6.59. The van der Waals surface area contributed by atoms with Crippen molar-refractivity contribution in [2.45, 2.75) is 45.8 Å². The van der Waals surface area contributed by atoms with Gasteiger partial charge in [0, 0.05) is 12.5 Å². The molecule has 0 amide bonds. The van der Waals surface area contributed by atoms with Crippen LogP contribution in [0.4, 0.5) is 0 Å². The summed E-state index contributed by atoms with van der Waals surface area (Å²) in [5, 5.41) is 0. The molecule has 0 aromatic rings. The molecule has 4 heteroatoms. The molecule has 0 spiro atoms. The van der Waals surface area contributed by atoms with Crippen LogP contribution in [-0.4, -0.2) is 38.6 Å². The Balaban J connectivity index is 1.74. The summed E-state index contributed by atoms with van der Waals surface area (Å²) < 4.78 is 16.3. The minimum absolute atomic E-state index is 0.257. The molecule has 102 valence electrons. The molecule has 0 aromatic carbocycles. The van der Waals surface area contributed by atoms with Gasteiger partial charge in [-0.1, -0.05) is 20.8 Å². The molecule has 3 rings (SSSR count). The van der Waals surface area contributed by atoms with Crippen molar-refractivity contribution in [3.05, 3.63) is 0 Å². The lowest BCUT2D eigenvalue weighted by Gasteiger charge is -2.37. The lowest BCUT2D eigenvalue weighted by atomic mass is 9.70. The molecule has 2 bridgehead atoms. The Kier molecular flexibility index (Phi) is 2.72. The van der Waals surface area contributed by atoms with E-state index in [2.05, 4.69) is 20.8 Å². The van der Waals surface area contributed by atoms with Gasteiger partial charge in [0.1, 0.15) is 19.5 Å². The van der Waals surface area contributed by atoms with Gasteiger partial charge >= 0.3 is 0 Å². The van der Waals surface area contributed by atoms with Gasteiger partial charge in [0.15, 0.2) is 0 Å². The van der Waals surface area contributed by atoms with Crippen molar-refractivity contribution in [1.29, 1.82) is 0 Å². The first-order valence-electron chi connectivity index (χ1n) is 6.81. The number of ether oxygens (including phenoxy) is 3. The minimum atomic E-state index is 0.257. The van der Waals surface area contributed by atoms with E-state index in [1.165, 1.54) is 12.8 Å². The first-order valence-corrected chi connectivity index (χ1v) is 6.81. The van der Waals surface area contributed by atoms with Gasteiger partial charge in [-0.3, -0.25) is 0 Å². The summed E-state index contributed by atoms with van der Waals surface area (Å²) in [4.78, 5) is 4.76. The molecule has 2 saturated carbocycles. The SMILES string of the molecule is COCOCC1=N[C@@H]2[C@H]3CC[C@@](C)([C@@H]2O1)C3(C)C. The zero-order valence-electron chi connectivity index (χ0n) is 11.7. The lowest BCUT2D eigenvalue weighted by molar-refractivity contribution is -0.0256. The van der Waals surface area contributed by atoms with Crippen LogP contribution >= 0.6 is 0 Å². The summed E-state index contributed by atoms with van der Waals surface area (Å²) in [6.07, 6.45) is 2.80. The summed E-state index contributed by atoms with van der Waals surface area (Å²) >= 11 is 0. The van der Waals surface area contributed by atoms with Gasteiger partial charge in [-0.2, -0.15) is 0 Å². The molecule has 3 aliphatic rings. The van der Waals surface area contributed by atoms with Crippen LogP contribution in [-0.2, 0) is 14.2 Å². The van der Waals surface area contributed by atoms with Gasteiger partial charge in [-0.25, -0.2) is 4.99 Å². The lowest BCUT2D eigenvalue weighted by Crippen LogP contribution is -2.39. The third-order valence-electron chi connectivity index (χ3n) is 5.71. The van der Waals surface area contributed by atoms with Crippen molar-refractivity contribution in [1.82, 2.24) is 0 Å². The van der Waals surface area contributed by atoms with Crippen LogP contribution in [0.2, 0.25) is 0 Å². The molecular weight excluding hydrogens is 230 g/mol. The van der Waals surface area contributed by atoms with Crippen molar-refractivity contribution >= 4 is 5.90 Å². The average molecular weight is 253 g/mol. The first kappa shape index (κ1) is 12.4. The van der Waals surface area contributed by atoms with Crippen molar-refractivity contribution in [3.8, 4) is 0 Å². The zero-order valence-corrected chi connectivity index (χ0v) is 11.7. The maximum absolute atomic E-state index is 6.07. The van der Waals surface area contributed by atoms with E-state index in [-0.39, 0.29) is 11.5 Å². The van der Waals surface area contributed by atoms with Crippen LogP contribution in [0.25, 0.3) is 0 Å². The summed E-state index contributed by atoms with van der Waals surface area (Å²) in [5.41, 5.74) is 0.597. The van der Waals surface area contributed by atoms with Gasteiger partial charge in [0.05, 0.1) is 6.04 Å². The van der Waals surface area contributed by atoms with Crippen molar-refractivity contribution < 1.29 is 14.2 Å². The number of methoxy groups -OCH3 is 1. The van der Waals surface area contributed by atoms with E-state index in [0.29, 0.717) is 30.8 Å². The quantitative estimate of drug-likeness (QED) is 0.570. The molecule has 0 radical (unpaired) electrons. The standard InChI is InChI=1S/C14H23NO3/c1-13(2)9-5-6-14(13,3)12-11(9)15-10(18-12)7-17-8-16-4/h9,11-12H,5-8H2,1-4H3/t9-,11-,12-,14+/m1/s1. The highest BCUT2D eigenvalue weighted by Crippen LogP contribution is 2.67. The third kappa shape index (κ3) is 1.42. The Labute approximate surface area is 109 Å². The number of hydrogen-bond donors (Lipinski definition) is 0. The molecule has 4 atom stereocenters. The monoisotopic (exact) mass is 253 g/mol. The van der Waals surface area contributed by atoms with Crippen LogP contribution in [0, 0.1) is 16.7 Å². The van der Waals surface area contributed by atoms with E-state index in [4.69, 9.17) is 19.2 Å². The highest BCUT2D eigenvalue weighted by Gasteiger charge is 2.69. The largest absolute Gasteiger partial charge is 0.473 e. The summed E-state index contributed by atoms with van der Waals surface area (Å²) in [7, 11) is 1.62. The van der Waals surface area contributed by atoms with Crippen LogP contribution in [0.15, 0.2) is 4.99 Å². The highest BCUT2D eigenvalue weighted by molar-refractivity contribution is 5.79. The second kappa shape index (κ2) is 3.94. The van der Waals surface area contributed by atoms with E-state index in [9.17, 15) is 0 Å². The van der Waals surface area contributed by atoms with E-state index in [1.54, 1.807) is 7.11 Å².